The van der Waals surface area contributed by atoms with Crippen molar-refractivity contribution >= 4 is 5.91 Å². The Morgan fingerprint density at radius 3 is 2.78 bits per heavy atom. The summed E-state index contributed by atoms with van der Waals surface area (Å²) in [6.07, 6.45) is 2.77. The first kappa shape index (κ1) is 18.0. The predicted octanol–water partition coefficient (Wildman–Crippen LogP) is 2.53. The molecule has 128 valence electrons. The topological polar surface area (TPSA) is 58.4 Å². The van der Waals surface area contributed by atoms with Crippen molar-refractivity contribution < 1.29 is 4.79 Å². The molecule has 1 aliphatic rings. The van der Waals surface area contributed by atoms with Gasteiger partial charge in [-0.3, -0.25) is 9.69 Å². The molecule has 1 heterocycles. The summed E-state index contributed by atoms with van der Waals surface area (Å²) in [6, 6.07) is 10.7. The van der Waals surface area contributed by atoms with E-state index in [9.17, 15) is 4.79 Å². The molecule has 0 aliphatic carbocycles. The molecule has 1 aliphatic heterocycles. The highest BCUT2D eigenvalue weighted by molar-refractivity contribution is 5.85. The monoisotopic (exact) mass is 317 g/mol. The summed E-state index contributed by atoms with van der Waals surface area (Å²) in [6.45, 7) is 9.11. The van der Waals surface area contributed by atoms with Gasteiger partial charge in [0, 0.05) is 19.1 Å². The van der Waals surface area contributed by atoms with Crippen LogP contribution in [0.3, 0.4) is 0 Å². The summed E-state index contributed by atoms with van der Waals surface area (Å²) >= 11 is 0. The van der Waals surface area contributed by atoms with E-state index in [1.165, 1.54) is 5.56 Å². The van der Waals surface area contributed by atoms with Crippen molar-refractivity contribution in [2.24, 2.45) is 11.7 Å². The van der Waals surface area contributed by atoms with Crippen molar-refractivity contribution in [2.75, 3.05) is 13.1 Å². The summed E-state index contributed by atoms with van der Waals surface area (Å²) in [5, 5.41) is 3.14. The summed E-state index contributed by atoms with van der Waals surface area (Å²) < 4.78 is 0. The van der Waals surface area contributed by atoms with Crippen molar-refractivity contribution in [3.8, 4) is 0 Å². The van der Waals surface area contributed by atoms with Crippen LogP contribution < -0.4 is 11.1 Å². The van der Waals surface area contributed by atoms with Gasteiger partial charge in [0.25, 0.3) is 0 Å². The first-order chi connectivity index (χ1) is 10.9. The molecule has 1 amide bonds. The molecule has 1 fully saturated rings. The standard InChI is InChI=1S/C19H31N3O/c1-4-11-19(3,20)18(23)21-15(2)17-10-12-22(14-17)13-16-8-6-5-7-9-16/h5-9,15,17H,4,10-14,20H2,1-3H3,(H,21,23). The van der Waals surface area contributed by atoms with E-state index in [0.717, 1.165) is 38.9 Å². The van der Waals surface area contributed by atoms with Gasteiger partial charge >= 0.3 is 0 Å². The summed E-state index contributed by atoms with van der Waals surface area (Å²) in [5.41, 5.74) is 6.72. The summed E-state index contributed by atoms with van der Waals surface area (Å²) in [4.78, 5) is 14.8. The number of benzene rings is 1. The number of nitrogens with one attached hydrogen (secondary N) is 1. The number of nitrogens with two attached hydrogens (primary N) is 1. The highest BCUT2D eigenvalue weighted by Crippen LogP contribution is 2.22. The fourth-order valence-electron chi connectivity index (χ4n) is 3.38. The van der Waals surface area contributed by atoms with Crippen molar-refractivity contribution in [1.29, 1.82) is 0 Å². The van der Waals surface area contributed by atoms with Gasteiger partial charge in [-0.1, -0.05) is 43.7 Å². The second-order valence-electron chi connectivity index (χ2n) is 7.20. The Morgan fingerprint density at radius 2 is 2.13 bits per heavy atom. The molecule has 0 bridgehead atoms. The Kier molecular flexibility index (Phi) is 6.19. The van der Waals surface area contributed by atoms with E-state index in [0.29, 0.717) is 5.92 Å². The molecule has 4 nitrogen and oxygen atoms in total. The van der Waals surface area contributed by atoms with Gasteiger partial charge in [-0.25, -0.2) is 0 Å². The van der Waals surface area contributed by atoms with Crippen LogP contribution in [0.1, 0.15) is 45.6 Å². The lowest BCUT2D eigenvalue weighted by Crippen LogP contribution is -2.55. The van der Waals surface area contributed by atoms with Gasteiger partial charge < -0.3 is 11.1 Å². The lowest BCUT2D eigenvalue weighted by Gasteiger charge is -2.28. The third-order valence-electron chi connectivity index (χ3n) is 4.91. The Balaban J connectivity index is 1.83. The molecular weight excluding hydrogens is 286 g/mol. The van der Waals surface area contributed by atoms with E-state index < -0.39 is 5.54 Å². The lowest BCUT2D eigenvalue weighted by atomic mass is 9.94. The number of nitrogens with zero attached hydrogens (tertiary/aromatic N) is 1. The Labute approximate surface area is 140 Å². The zero-order chi connectivity index (χ0) is 16.9. The van der Waals surface area contributed by atoms with E-state index in [1.807, 2.05) is 13.0 Å². The van der Waals surface area contributed by atoms with E-state index in [2.05, 4.69) is 48.3 Å². The average molecular weight is 317 g/mol. The van der Waals surface area contributed by atoms with Crippen LogP contribution in [0.15, 0.2) is 30.3 Å². The fraction of sp³-hybridized carbons (Fsp3) is 0.632. The number of carbonyl (C=O) groups is 1. The molecule has 1 aromatic rings. The Morgan fingerprint density at radius 1 is 1.43 bits per heavy atom. The minimum Gasteiger partial charge on any atom is -0.352 e. The highest BCUT2D eigenvalue weighted by atomic mass is 16.2. The SMILES string of the molecule is CCCC(C)(N)C(=O)NC(C)C1CCN(Cc2ccccc2)C1. The van der Waals surface area contributed by atoms with E-state index in [4.69, 9.17) is 5.73 Å². The van der Waals surface area contributed by atoms with E-state index >= 15 is 0 Å². The van der Waals surface area contributed by atoms with Gasteiger partial charge in [-0.15, -0.1) is 0 Å². The van der Waals surface area contributed by atoms with Crippen molar-refractivity contribution in [3.63, 3.8) is 0 Å². The number of amides is 1. The summed E-state index contributed by atoms with van der Waals surface area (Å²) in [5.74, 6) is 0.480. The van der Waals surface area contributed by atoms with E-state index in [-0.39, 0.29) is 11.9 Å². The molecule has 0 spiro atoms. The van der Waals surface area contributed by atoms with Crippen molar-refractivity contribution in [3.05, 3.63) is 35.9 Å². The van der Waals surface area contributed by atoms with Gasteiger partial charge in [0.1, 0.15) is 0 Å². The highest BCUT2D eigenvalue weighted by Gasteiger charge is 2.32. The molecule has 3 N–H and O–H groups in total. The van der Waals surface area contributed by atoms with Crippen LogP contribution in [0.25, 0.3) is 0 Å². The zero-order valence-corrected chi connectivity index (χ0v) is 14.7. The molecule has 3 unspecified atom stereocenters. The largest absolute Gasteiger partial charge is 0.352 e. The van der Waals surface area contributed by atoms with Gasteiger partial charge in [0.15, 0.2) is 0 Å². The van der Waals surface area contributed by atoms with Crippen LogP contribution in [0.5, 0.6) is 0 Å². The molecule has 0 saturated carbocycles. The van der Waals surface area contributed by atoms with Crippen molar-refractivity contribution in [1.82, 2.24) is 10.2 Å². The third kappa shape index (κ3) is 5.05. The summed E-state index contributed by atoms with van der Waals surface area (Å²) in [7, 11) is 0. The molecule has 4 heteroatoms. The van der Waals surface area contributed by atoms with Crippen LogP contribution in [-0.4, -0.2) is 35.5 Å². The molecule has 3 atom stereocenters. The van der Waals surface area contributed by atoms with Crippen LogP contribution in [-0.2, 0) is 11.3 Å². The van der Waals surface area contributed by atoms with Crippen LogP contribution in [0, 0.1) is 5.92 Å². The average Bonchev–Trinajstić information content (AvgIpc) is 2.96. The van der Waals surface area contributed by atoms with Gasteiger partial charge in [0.05, 0.1) is 5.54 Å². The quantitative estimate of drug-likeness (QED) is 0.812. The first-order valence-electron chi connectivity index (χ1n) is 8.78. The number of likely N-dealkylation sites (tertiary alicyclic amines) is 1. The third-order valence-corrected chi connectivity index (χ3v) is 4.91. The Bertz CT molecular complexity index is 501. The molecule has 1 aromatic carbocycles. The molecule has 0 radical (unpaired) electrons. The van der Waals surface area contributed by atoms with Gasteiger partial charge in [0.2, 0.25) is 5.91 Å². The fourth-order valence-corrected chi connectivity index (χ4v) is 3.38. The zero-order valence-electron chi connectivity index (χ0n) is 14.7. The second kappa shape index (κ2) is 7.93. The van der Waals surface area contributed by atoms with Crippen molar-refractivity contribution in [2.45, 2.75) is 58.2 Å². The predicted molar refractivity (Wildman–Crippen MR) is 94.9 cm³/mol. The van der Waals surface area contributed by atoms with Crippen LogP contribution in [0.4, 0.5) is 0 Å². The number of rotatable bonds is 7. The minimum atomic E-state index is -0.759. The number of carbonyl (C=O) groups excluding carboxylic acids is 1. The minimum absolute atomic E-state index is 0.0200. The molecular formula is C19H31N3O. The first-order valence-corrected chi connectivity index (χ1v) is 8.78. The number of hydrogen-bond donors (Lipinski definition) is 2. The molecule has 0 aromatic heterocycles. The van der Waals surface area contributed by atoms with Gasteiger partial charge in [-0.2, -0.15) is 0 Å². The Hall–Kier alpha value is -1.39. The molecule has 23 heavy (non-hydrogen) atoms. The van der Waals surface area contributed by atoms with Crippen LogP contribution in [0.2, 0.25) is 0 Å². The number of hydrogen-bond acceptors (Lipinski definition) is 3. The maximum Gasteiger partial charge on any atom is 0.240 e. The lowest BCUT2D eigenvalue weighted by molar-refractivity contribution is -0.127. The molecule has 1 saturated heterocycles. The van der Waals surface area contributed by atoms with E-state index in [1.54, 1.807) is 0 Å². The maximum atomic E-state index is 12.3. The maximum absolute atomic E-state index is 12.3. The second-order valence-corrected chi connectivity index (χ2v) is 7.20. The normalized spacial score (nSPS) is 22.5. The van der Waals surface area contributed by atoms with Crippen LogP contribution >= 0.6 is 0 Å². The van der Waals surface area contributed by atoms with Gasteiger partial charge in [-0.05, 0) is 44.7 Å². The molecule has 2 rings (SSSR count). The smallest absolute Gasteiger partial charge is 0.240 e.